The van der Waals surface area contributed by atoms with Crippen LogP contribution in [-0.4, -0.2) is 44.6 Å². The third-order valence-corrected chi connectivity index (χ3v) is 5.36. The molecule has 1 unspecified atom stereocenters. The Kier molecular flexibility index (Phi) is 3.60. The number of likely N-dealkylation sites (tertiary alicyclic amines) is 1. The van der Waals surface area contributed by atoms with E-state index in [9.17, 15) is 9.90 Å². The van der Waals surface area contributed by atoms with Gasteiger partial charge in [0.1, 0.15) is 11.3 Å². The van der Waals surface area contributed by atoms with Crippen molar-refractivity contribution in [2.45, 2.75) is 12.0 Å². The van der Waals surface area contributed by atoms with Crippen LogP contribution < -0.4 is 0 Å². The van der Waals surface area contributed by atoms with Gasteiger partial charge in [-0.1, -0.05) is 23.4 Å². The van der Waals surface area contributed by atoms with Crippen LogP contribution in [-0.2, 0) is 10.4 Å². The van der Waals surface area contributed by atoms with E-state index >= 15 is 0 Å². The molecule has 0 bridgehead atoms. The van der Waals surface area contributed by atoms with E-state index in [4.69, 9.17) is 4.52 Å². The van der Waals surface area contributed by atoms with Crippen molar-refractivity contribution in [3.8, 4) is 22.4 Å². The molecule has 0 radical (unpaired) electrons. The minimum absolute atomic E-state index is 0.180. The Hall–Kier alpha value is -3.45. The number of likely N-dealkylation sites (N-methyl/N-ethyl adjacent to an activating group) is 1. The quantitative estimate of drug-likeness (QED) is 0.575. The first-order valence-corrected chi connectivity index (χ1v) is 9.04. The van der Waals surface area contributed by atoms with E-state index in [0.29, 0.717) is 18.7 Å². The van der Waals surface area contributed by atoms with Crippen molar-refractivity contribution in [1.82, 2.24) is 20.0 Å². The molecule has 5 rings (SSSR count). The van der Waals surface area contributed by atoms with Gasteiger partial charge >= 0.3 is 0 Å². The van der Waals surface area contributed by atoms with Gasteiger partial charge in [0.15, 0.2) is 5.76 Å². The van der Waals surface area contributed by atoms with Gasteiger partial charge in [0.2, 0.25) is 5.60 Å². The molecule has 28 heavy (non-hydrogen) atoms. The van der Waals surface area contributed by atoms with Gasteiger partial charge in [-0.25, -0.2) is 4.98 Å². The molecule has 1 aliphatic rings. The molecular formula is C21H18N4O3. The molecule has 7 heteroatoms. The van der Waals surface area contributed by atoms with Gasteiger partial charge in [0.25, 0.3) is 5.91 Å². The Morgan fingerprint density at radius 2 is 2.07 bits per heavy atom. The molecule has 1 fully saturated rings. The summed E-state index contributed by atoms with van der Waals surface area (Å²) in [7, 11) is 1.66. The lowest BCUT2D eigenvalue weighted by Crippen LogP contribution is -2.35. The molecule has 1 amide bonds. The SMILES string of the molecule is CN1CCC(O)(c2cc(-c3cccc(-c4ccnc5[nH]ccc45)c3)no2)C1=O. The van der Waals surface area contributed by atoms with Crippen molar-refractivity contribution in [2.24, 2.45) is 0 Å². The van der Waals surface area contributed by atoms with Crippen LogP contribution in [0.25, 0.3) is 33.4 Å². The van der Waals surface area contributed by atoms with E-state index in [1.54, 1.807) is 19.3 Å². The van der Waals surface area contributed by atoms with Crippen molar-refractivity contribution >= 4 is 16.9 Å². The van der Waals surface area contributed by atoms with E-state index < -0.39 is 5.60 Å². The molecule has 140 valence electrons. The van der Waals surface area contributed by atoms with Gasteiger partial charge in [0.05, 0.1) is 0 Å². The zero-order valence-corrected chi connectivity index (χ0v) is 15.2. The lowest BCUT2D eigenvalue weighted by molar-refractivity contribution is -0.144. The summed E-state index contributed by atoms with van der Waals surface area (Å²) in [4.78, 5) is 21.2. The van der Waals surface area contributed by atoms with Crippen LogP contribution in [0, 0.1) is 0 Å². The number of aromatic nitrogens is 3. The molecule has 4 heterocycles. The number of hydrogen-bond donors (Lipinski definition) is 2. The van der Waals surface area contributed by atoms with Crippen LogP contribution in [0.5, 0.6) is 0 Å². The molecule has 1 atom stereocenters. The zero-order valence-electron chi connectivity index (χ0n) is 15.2. The molecule has 0 spiro atoms. The van der Waals surface area contributed by atoms with E-state index in [-0.39, 0.29) is 11.7 Å². The molecular weight excluding hydrogens is 356 g/mol. The molecule has 2 N–H and O–H groups in total. The number of carbonyl (C=O) groups is 1. The summed E-state index contributed by atoms with van der Waals surface area (Å²) in [6, 6.07) is 13.5. The normalized spacial score (nSPS) is 19.6. The summed E-state index contributed by atoms with van der Waals surface area (Å²) in [5.74, 6) is -0.185. The van der Waals surface area contributed by atoms with Gasteiger partial charge in [-0.15, -0.1) is 0 Å². The Morgan fingerprint density at radius 1 is 1.21 bits per heavy atom. The number of hydrogen-bond acceptors (Lipinski definition) is 5. The lowest BCUT2D eigenvalue weighted by atomic mass is 9.97. The summed E-state index contributed by atoms with van der Waals surface area (Å²) in [5, 5.41) is 15.9. The third-order valence-electron chi connectivity index (χ3n) is 5.36. The van der Waals surface area contributed by atoms with E-state index in [1.165, 1.54) is 4.90 Å². The lowest BCUT2D eigenvalue weighted by Gasteiger charge is -2.16. The van der Waals surface area contributed by atoms with Crippen LogP contribution in [0.1, 0.15) is 12.2 Å². The predicted molar refractivity (Wildman–Crippen MR) is 103 cm³/mol. The zero-order chi connectivity index (χ0) is 19.3. The van der Waals surface area contributed by atoms with E-state index in [2.05, 4.69) is 15.1 Å². The first kappa shape index (κ1) is 16.7. The summed E-state index contributed by atoms with van der Waals surface area (Å²) < 4.78 is 5.37. The minimum Gasteiger partial charge on any atom is -0.373 e. The Morgan fingerprint density at radius 3 is 2.89 bits per heavy atom. The number of aromatic amines is 1. The molecule has 1 aliphatic heterocycles. The molecule has 0 saturated carbocycles. The summed E-state index contributed by atoms with van der Waals surface area (Å²) in [6.07, 6.45) is 3.93. The number of rotatable bonds is 3. The highest BCUT2D eigenvalue weighted by Gasteiger charge is 2.48. The van der Waals surface area contributed by atoms with Crippen molar-refractivity contribution in [3.05, 3.63) is 60.6 Å². The molecule has 7 nitrogen and oxygen atoms in total. The van der Waals surface area contributed by atoms with Crippen molar-refractivity contribution in [1.29, 1.82) is 0 Å². The number of pyridine rings is 1. The second-order valence-corrected chi connectivity index (χ2v) is 7.09. The minimum atomic E-state index is -1.64. The standard InChI is InChI=1S/C21H18N4O3/c1-25-10-7-21(27,20(25)26)18-12-17(24-28-18)14-4-2-3-13(11-14)15-5-8-22-19-16(15)6-9-23-19/h2-6,8-9,11-12,27H,7,10H2,1H3,(H,22,23). The van der Waals surface area contributed by atoms with Crippen LogP contribution >= 0.6 is 0 Å². The topological polar surface area (TPSA) is 95.2 Å². The highest BCUT2D eigenvalue weighted by molar-refractivity contribution is 5.93. The Labute approximate surface area is 160 Å². The predicted octanol–water partition coefficient (Wildman–Crippen LogP) is 2.93. The van der Waals surface area contributed by atoms with Crippen molar-refractivity contribution < 1.29 is 14.4 Å². The highest BCUT2D eigenvalue weighted by atomic mass is 16.5. The van der Waals surface area contributed by atoms with Gasteiger partial charge < -0.3 is 19.5 Å². The van der Waals surface area contributed by atoms with Crippen LogP contribution in [0.2, 0.25) is 0 Å². The summed E-state index contributed by atoms with van der Waals surface area (Å²) >= 11 is 0. The molecule has 1 aromatic carbocycles. The first-order chi connectivity index (χ1) is 13.6. The van der Waals surface area contributed by atoms with Gasteiger partial charge in [-0.05, 0) is 29.3 Å². The number of aliphatic hydroxyl groups is 1. The number of carbonyl (C=O) groups excluding carboxylic acids is 1. The monoisotopic (exact) mass is 374 g/mol. The van der Waals surface area contributed by atoms with Crippen LogP contribution in [0.3, 0.4) is 0 Å². The van der Waals surface area contributed by atoms with Gasteiger partial charge in [-0.2, -0.15) is 0 Å². The largest absolute Gasteiger partial charge is 0.373 e. The fourth-order valence-corrected chi connectivity index (χ4v) is 3.75. The fraction of sp³-hybridized carbons (Fsp3) is 0.190. The fourth-order valence-electron chi connectivity index (χ4n) is 3.75. The molecule has 4 aromatic rings. The maximum Gasteiger partial charge on any atom is 0.262 e. The third kappa shape index (κ3) is 2.44. The number of fused-ring (bicyclic) bond motifs is 1. The molecule has 3 aromatic heterocycles. The second kappa shape index (κ2) is 6.03. The number of H-pyrrole nitrogens is 1. The number of nitrogens with one attached hydrogen (secondary N) is 1. The van der Waals surface area contributed by atoms with Crippen molar-refractivity contribution in [2.75, 3.05) is 13.6 Å². The van der Waals surface area contributed by atoms with E-state index in [0.717, 1.165) is 27.7 Å². The maximum absolute atomic E-state index is 12.3. The van der Waals surface area contributed by atoms with E-state index in [1.807, 2.05) is 42.6 Å². The number of nitrogens with zero attached hydrogens (tertiary/aromatic N) is 3. The van der Waals surface area contributed by atoms with Gasteiger partial charge in [0, 0.05) is 49.4 Å². The number of amides is 1. The average molecular weight is 374 g/mol. The first-order valence-electron chi connectivity index (χ1n) is 9.04. The maximum atomic E-state index is 12.3. The highest BCUT2D eigenvalue weighted by Crippen LogP contribution is 2.36. The number of benzene rings is 1. The Balaban J connectivity index is 1.54. The van der Waals surface area contributed by atoms with Crippen LogP contribution in [0.4, 0.5) is 0 Å². The molecule has 1 saturated heterocycles. The molecule has 0 aliphatic carbocycles. The summed E-state index contributed by atoms with van der Waals surface area (Å²) in [5.41, 5.74) is 2.69. The van der Waals surface area contributed by atoms with Gasteiger partial charge in [-0.3, -0.25) is 4.79 Å². The summed E-state index contributed by atoms with van der Waals surface area (Å²) in [6.45, 7) is 0.482. The smallest absolute Gasteiger partial charge is 0.262 e. The average Bonchev–Trinajstić information content (AvgIpc) is 3.45. The Bertz CT molecular complexity index is 1200. The second-order valence-electron chi connectivity index (χ2n) is 7.09. The van der Waals surface area contributed by atoms with Crippen molar-refractivity contribution in [3.63, 3.8) is 0 Å². The van der Waals surface area contributed by atoms with Crippen LogP contribution in [0.15, 0.2) is 59.4 Å².